The maximum Gasteiger partial charge on any atom is 0.326 e. The molecule has 0 fully saturated rings. The molecule has 32 heavy (non-hydrogen) atoms. The summed E-state index contributed by atoms with van der Waals surface area (Å²) in [5.74, 6) is -2.71. The highest BCUT2D eigenvalue weighted by molar-refractivity contribution is 5.98. The van der Waals surface area contributed by atoms with Crippen molar-refractivity contribution in [2.24, 2.45) is 0 Å². The molecule has 0 bridgehead atoms. The van der Waals surface area contributed by atoms with E-state index in [0.29, 0.717) is 11.1 Å². The molecule has 3 rings (SSSR count). The lowest BCUT2D eigenvalue weighted by Gasteiger charge is -2.22. The van der Waals surface area contributed by atoms with Crippen LogP contribution in [-0.4, -0.2) is 35.0 Å². The molecule has 2 atom stereocenters. The fourth-order valence-corrected chi connectivity index (χ4v) is 3.22. The van der Waals surface area contributed by atoms with Gasteiger partial charge in [0.25, 0.3) is 5.91 Å². The summed E-state index contributed by atoms with van der Waals surface area (Å²) in [5, 5.41) is 14.8. The summed E-state index contributed by atoms with van der Waals surface area (Å²) in [6.45, 7) is 0. The third kappa shape index (κ3) is 6.50. The summed E-state index contributed by atoms with van der Waals surface area (Å²) in [5.41, 5.74) is 1.74. The van der Waals surface area contributed by atoms with Crippen molar-refractivity contribution >= 4 is 17.8 Å². The van der Waals surface area contributed by atoms with Gasteiger partial charge in [0, 0.05) is 18.4 Å². The van der Waals surface area contributed by atoms with Gasteiger partial charge in [-0.15, -0.1) is 0 Å². The first-order valence-corrected chi connectivity index (χ1v) is 10.1. The van der Waals surface area contributed by atoms with Gasteiger partial charge in [0.15, 0.2) is 0 Å². The molecule has 0 aliphatic rings. The average Bonchev–Trinajstić information content (AvgIpc) is 2.80. The van der Waals surface area contributed by atoms with Gasteiger partial charge < -0.3 is 15.7 Å². The smallest absolute Gasteiger partial charge is 0.326 e. The third-order valence-electron chi connectivity index (χ3n) is 4.91. The second kappa shape index (κ2) is 10.9. The minimum Gasteiger partial charge on any atom is -0.480 e. The fourth-order valence-electron chi connectivity index (χ4n) is 3.22. The van der Waals surface area contributed by atoms with E-state index in [1.807, 2.05) is 6.07 Å². The summed E-state index contributed by atoms with van der Waals surface area (Å²) in [4.78, 5) is 37.4. The van der Waals surface area contributed by atoms with Gasteiger partial charge in [-0.3, -0.25) is 9.59 Å². The number of aliphatic carboxylic acids is 1. The van der Waals surface area contributed by atoms with Crippen LogP contribution >= 0.6 is 0 Å². The van der Waals surface area contributed by atoms with Crippen LogP contribution in [0.25, 0.3) is 0 Å². The Kier molecular flexibility index (Phi) is 7.70. The van der Waals surface area contributed by atoms with Crippen LogP contribution in [0.15, 0.2) is 84.9 Å². The SMILES string of the molecule is O=C(NC(Cc1ccc(F)cc1)C(=O)NC(Cc1ccccc1)C(=O)O)c1ccccc1. The van der Waals surface area contributed by atoms with E-state index < -0.39 is 35.7 Å². The molecule has 0 saturated carbocycles. The minimum atomic E-state index is -1.18. The largest absolute Gasteiger partial charge is 0.480 e. The van der Waals surface area contributed by atoms with Crippen molar-refractivity contribution in [1.82, 2.24) is 10.6 Å². The molecule has 3 aromatic carbocycles. The number of benzene rings is 3. The molecule has 0 aliphatic heterocycles. The van der Waals surface area contributed by atoms with Gasteiger partial charge in [-0.25, -0.2) is 9.18 Å². The number of rotatable bonds is 9. The van der Waals surface area contributed by atoms with Crippen LogP contribution in [0.1, 0.15) is 21.5 Å². The van der Waals surface area contributed by atoms with Gasteiger partial charge in [0.05, 0.1) is 0 Å². The van der Waals surface area contributed by atoms with E-state index >= 15 is 0 Å². The molecule has 0 radical (unpaired) electrons. The normalized spacial score (nSPS) is 12.4. The van der Waals surface area contributed by atoms with E-state index in [4.69, 9.17) is 0 Å². The van der Waals surface area contributed by atoms with Crippen LogP contribution in [0.2, 0.25) is 0 Å². The Morgan fingerprint density at radius 3 is 1.84 bits per heavy atom. The highest BCUT2D eigenvalue weighted by Gasteiger charge is 2.27. The van der Waals surface area contributed by atoms with E-state index in [1.165, 1.54) is 24.3 Å². The predicted octanol–water partition coefficient (Wildman–Crippen LogP) is 2.98. The Bertz CT molecular complexity index is 1060. The average molecular weight is 434 g/mol. The first-order chi connectivity index (χ1) is 15.4. The first kappa shape index (κ1) is 22.7. The van der Waals surface area contributed by atoms with Crippen LogP contribution in [-0.2, 0) is 22.4 Å². The van der Waals surface area contributed by atoms with Crippen molar-refractivity contribution in [3.63, 3.8) is 0 Å². The van der Waals surface area contributed by atoms with Gasteiger partial charge in [-0.1, -0.05) is 60.7 Å². The third-order valence-corrected chi connectivity index (χ3v) is 4.91. The summed E-state index contributed by atoms with van der Waals surface area (Å²) in [6, 6.07) is 20.6. The summed E-state index contributed by atoms with van der Waals surface area (Å²) in [6.07, 6.45) is 0.167. The minimum absolute atomic E-state index is 0.0718. The Labute approximate surface area is 185 Å². The van der Waals surface area contributed by atoms with E-state index in [9.17, 15) is 23.9 Å². The van der Waals surface area contributed by atoms with E-state index in [1.54, 1.807) is 54.6 Å². The molecule has 3 aromatic rings. The summed E-state index contributed by atoms with van der Waals surface area (Å²) >= 11 is 0. The quantitative estimate of drug-likeness (QED) is 0.483. The lowest BCUT2D eigenvalue weighted by molar-refractivity contribution is -0.142. The molecule has 2 unspecified atom stereocenters. The molecule has 2 amide bonds. The standard InChI is InChI=1S/C25H23FN2O4/c26-20-13-11-18(12-14-20)15-21(27-23(29)19-9-5-2-6-10-19)24(30)28-22(25(31)32)16-17-7-3-1-4-8-17/h1-14,21-22H,15-16H2,(H,27,29)(H,28,30)(H,31,32). The van der Waals surface area contributed by atoms with Crippen molar-refractivity contribution < 1.29 is 23.9 Å². The molecule has 0 aromatic heterocycles. The summed E-state index contributed by atoms with van der Waals surface area (Å²) < 4.78 is 13.3. The van der Waals surface area contributed by atoms with Crippen molar-refractivity contribution in [1.29, 1.82) is 0 Å². The molecule has 164 valence electrons. The van der Waals surface area contributed by atoms with Gasteiger partial charge in [0.2, 0.25) is 5.91 Å². The zero-order valence-corrected chi connectivity index (χ0v) is 17.2. The molecule has 0 aliphatic carbocycles. The number of hydrogen-bond donors (Lipinski definition) is 3. The van der Waals surface area contributed by atoms with Crippen molar-refractivity contribution in [3.8, 4) is 0 Å². The van der Waals surface area contributed by atoms with Crippen molar-refractivity contribution in [2.45, 2.75) is 24.9 Å². The highest BCUT2D eigenvalue weighted by atomic mass is 19.1. The molecule has 7 heteroatoms. The number of nitrogens with one attached hydrogen (secondary N) is 2. The second-order valence-electron chi connectivity index (χ2n) is 7.31. The number of carboxylic acid groups (broad SMARTS) is 1. The molecule has 3 N–H and O–H groups in total. The number of hydrogen-bond acceptors (Lipinski definition) is 3. The Hall–Kier alpha value is -4.00. The highest BCUT2D eigenvalue weighted by Crippen LogP contribution is 2.09. The predicted molar refractivity (Wildman–Crippen MR) is 118 cm³/mol. The van der Waals surface area contributed by atoms with Gasteiger partial charge in [-0.05, 0) is 35.4 Å². The molecular formula is C25H23FN2O4. The number of carbonyl (C=O) groups is 3. The van der Waals surface area contributed by atoms with Crippen molar-refractivity contribution in [2.75, 3.05) is 0 Å². The lowest BCUT2D eigenvalue weighted by atomic mass is 10.0. The molecular weight excluding hydrogens is 411 g/mol. The lowest BCUT2D eigenvalue weighted by Crippen LogP contribution is -2.53. The van der Waals surface area contributed by atoms with Crippen LogP contribution < -0.4 is 10.6 Å². The number of amides is 2. The van der Waals surface area contributed by atoms with E-state index in [2.05, 4.69) is 10.6 Å². The molecule has 6 nitrogen and oxygen atoms in total. The first-order valence-electron chi connectivity index (χ1n) is 10.1. The van der Waals surface area contributed by atoms with Crippen LogP contribution in [0.5, 0.6) is 0 Å². The topological polar surface area (TPSA) is 95.5 Å². The zero-order chi connectivity index (χ0) is 22.9. The van der Waals surface area contributed by atoms with Gasteiger partial charge in [-0.2, -0.15) is 0 Å². The maximum atomic E-state index is 13.3. The van der Waals surface area contributed by atoms with Gasteiger partial charge >= 0.3 is 5.97 Å². The molecule has 0 spiro atoms. The van der Waals surface area contributed by atoms with Crippen LogP contribution in [0, 0.1) is 5.82 Å². The molecule has 0 heterocycles. The van der Waals surface area contributed by atoms with Crippen LogP contribution in [0.3, 0.4) is 0 Å². The zero-order valence-electron chi connectivity index (χ0n) is 17.2. The summed E-state index contributed by atoms with van der Waals surface area (Å²) in [7, 11) is 0. The fraction of sp³-hybridized carbons (Fsp3) is 0.160. The Morgan fingerprint density at radius 2 is 1.25 bits per heavy atom. The Morgan fingerprint density at radius 1 is 0.719 bits per heavy atom. The molecule has 0 saturated heterocycles. The maximum absolute atomic E-state index is 13.3. The monoisotopic (exact) mass is 434 g/mol. The second-order valence-corrected chi connectivity index (χ2v) is 7.31. The van der Waals surface area contributed by atoms with E-state index in [-0.39, 0.29) is 12.8 Å². The van der Waals surface area contributed by atoms with Crippen LogP contribution in [0.4, 0.5) is 4.39 Å². The number of carbonyl (C=O) groups excluding carboxylic acids is 2. The number of carboxylic acids is 1. The van der Waals surface area contributed by atoms with Crippen molar-refractivity contribution in [3.05, 3.63) is 107 Å². The van der Waals surface area contributed by atoms with Gasteiger partial charge in [0.1, 0.15) is 17.9 Å². The Balaban J connectivity index is 1.78. The number of halogens is 1. The van der Waals surface area contributed by atoms with E-state index in [0.717, 1.165) is 5.56 Å².